The van der Waals surface area contributed by atoms with E-state index in [1.54, 1.807) is 19.1 Å². The topological polar surface area (TPSA) is 74.2 Å². The van der Waals surface area contributed by atoms with Crippen LogP contribution in [-0.4, -0.2) is 60.4 Å². The van der Waals surface area contributed by atoms with E-state index in [0.717, 1.165) is 13.1 Å². The van der Waals surface area contributed by atoms with Crippen LogP contribution in [0, 0.1) is 11.7 Å². The molecule has 3 aromatic rings. The highest BCUT2D eigenvalue weighted by Crippen LogP contribution is 2.32. The molecule has 0 unspecified atom stereocenters. The van der Waals surface area contributed by atoms with Crippen LogP contribution in [0.15, 0.2) is 89.9 Å². The summed E-state index contributed by atoms with van der Waals surface area (Å²) < 4.78 is 18.8. The molecule has 0 saturated carbocycles. The van der Waals surface area contributed by atoms with Crippen molar-refractivity contribution in [2.24, 2.45) is 10.9 Å². The van der Waals surface area contributed by atoms with Gasteiger partial charge in [0.2, 0.25) is 11.9 Å². The highest BCUT2D eigenvalue weighted by Gasteiger charge is 2.42. The molecule has 38 heavy (non-hydrogen) atoms. The number of esters is 1. The Morgan fingerprint density at radius 3 is 2.08 bits per heavy atom. The molecular formula is C30H31FN4O3. The van der Waals surface area contributed by atoms with Gasteiger partial charge in [0, 0.05) is 26.2 Å². The molecule has 196 valence electrons. The molecule has 5 rings (SSSR count). The Morgan fingerprint density at radius 2 is 1.53 bits per heavy atom. The largest absolute Gasteiger partial charge is 0.465 e. The fraction of sp³-hybridized carbons (Fsp3) is 0.300. The Balaban J connectivity index is 1.38. The van der Waals surface area contributed by atoms with Crippen LogP contribution in [0.5, 0.6) is 0 Å². The van der Waals surface area contributed by atoms with Gasteiger partial charge in [-0.15, -0.1) is 0 Å². The molecule has 1 amide bonds. The zero-order chi connectivity index (χ0) is 26.5. The van der Waals surface area contributed by atoms with Crippen molar-refractivity contribution in [2.45, 2.75) is 19.0 Å². The van der Waals surface area contributed by atoms with Crippen molar-refractivity contribution >= 4 is 17.8 Å². The number of carbonyl (C=O) groups excluding carboxylic acids is 2. The molecule has 1 saturated heterocycles. The Hall–Kier alpha value is -4.04. The third-order valence-electron chi connectivity index (χ3n) is 7.06. The summed E-state index contributed by atoms with van der Waals surface area (Å²) in [5.41, 5.74) is 3.04. The number of rotatable bonds is 6. The van der Waals surface area contributed by atoms with Crippen LogP contribution in [0.3, 0.4) is 0 Å². The van der Waals surface area contributed by atoms with Crippen molar-refractivity contribution in [1.82, 2.24) is 15.1 Å². The van der Waals surface area contributed by atoms with Gasteiger partial charge in [0.25, 0.3) is 0 Å². The Kier molecular flexibility index (Phi) is 7.79. The molecule has 2 aliphatic rings. The summed E-state index contributed by atoms with van der Waals surface area (Å²) in [5.74, 6) is -2.20. The van der Waals surface area contributed by atoms with Crippen molar-refractivity contribution < 1.29 is 18.7 Å². The molecule has 0 aliphatic carbocycles. The van der Waals surface area contributed by atoms with Crippen molar-refractivity contribution in [2.75, 3.05) is 32.8 Å². The average Bonchev–Trinajstić information content (AvgIpc) is 2.95. The normalized spacial score (nSPS) is 20.1. The van der Waals surface area contributed by atoms with Gasteiger partial charge in [0.1, 0.15) is 11.9 Å². The molecule has 0 radical (unpaired) electrons. The molecule has 8 heteroatoms. The second-order valence-electron chi connectivity index (χ2n) is 9.41. The number of ether oxygens (including phenoxy) is 1. The molecule has 0 aromatic heterocycles. The first-order valence-electron chi connectivity index (χ1n) is 12.9. The van der Waals surface area contributed by atoms with E-state index in [1.807, 2.05) is 17.0 Å². The lowest BCUT2D eigenvalue weighted by atomic mass is 9.91. The van der Waals surface area contributed by atoms with Gasteiger partial charge in [-0.1, -0.05) is 72.8 Å². The van der Waals surface area contributed by atoms with Crippen LogP contribution in [0.4, 0.5) is 4.39 Å². The molecule has 0 bridgehead atoms. The fourth-order valence-corrected chi connectivity index (χ4v) is 5.20. The second kappa shape index (κ2) is 11.6. The van der Waals surface area contributed by atoms with Gasteiger partial charge in [-0.05, 0) is 35.7 Å². The lowest BCUT2D eigenvalue weighted by Crippen LogP contribution is -2.57. The molecule has 1 fully saturated rings. The SMILES string of the molecule is CCOC(=O)[C@H]1C(=O)NC(N2CCN(C(c3ccccc3)c3ccccc3)CC2)=N[C@@H]1c1ccc(F)cc1. The van der Waals surface area contributed by atoms with Gasteiger partial charge in [-0.2, -0.15) is 0 Å². The van der Waals surface area contributed by atoms with Gasteiger partial charge in [-0.3, -0.25) is 19.8 Å². The summed E-state index contributed by atoms with van der Waals surface area (Å²) in [6, 6.07) is 26.0. The molecule has 0 spiro atoms. The number of amides is 1. The first-order valence-corrected chi connectivity index (χ1v) is 12.9. The minimum Gasteiger partial charge on any atom is -0.465 e. The summed E-state index contributed by atoms with van der Waals surface area (Å²) >= 11 is 0. The molecule has 1 N–H and O–H groups in total. The van der Waals surface area contributed by atoms with Gasteiger partial charge >= 0.3 is 5.97 Å². The summed E-state index contributed by atoms with van der Waals surface area (Å²) in [4.78, 5) is 35.1. The number of nitrogens with zero attached hydrogens (tertiary/aromatic N) is 3. The number of carbonyl (C=O) groups is 2. The van der Waals surface area contributed by atoms with E-state index in [1.165, 1.54) is 23.3 Å². The summed E-state index contributed by atoms with van der Waals surface area (Å²) in [6.07, 6.45) is 0. The Morgan fingerprint density at radius 1 is 0.947 bits per heavy atom. The quantitative estimate of drug-likeness (QED) is 0.399. The highest BCUT2D eigenvalue weighted by atomic mass is 19.1. The van der Waals surface area contributed by atoms with Gasteiger partial charge in [0.15, 0.2) is 5.92 Å². The Bertz CT molecular complexity index is 1240. The number of piperazine rings is 1. The van der Waals surface area contributed by atoms with E-state index >= 15 is 0 Å². The van der Waals surface area contributed by atoms with E-state index in [9.17, 15) is 14.0 Å². The lowest BCUT2D eigenvalue weighted by molar-refractivity contribution is -0.153. The van der Waals surface area contributed by atoms with Crippen LogP contribution >= 0.6 is 0 Å². The molecule has 7 nitrogen and oxygen atoms in total. The van der Waals surface area contributed by atoms with Crippen LogP contribution in [0.25, 0.3) is 0 Å². The lowest BCUT2D eigenvalue weighted by Gasteiger charge is -2.42. The predicted octanol–water partition coefficient (Wildman–Crippen LogP) is 3.94. The number of hydrogen-bond donors (Lipinski definition) is 1. The zero-order valence-corrected chi connectivity index (χ0v) is 21.3. The van der Waals surface area contributed by atoms with E-state index < -0.39 is 29.7 Å². The zero-order valence-electron chi connectivity index (χ0n) is 21.3. The van der Waals surface area contributed by atoms with E-state index in [-0.39, 0.29) is 12.6 Å². The van der Waals surface area contributed by atoms with Crippen LogP contribution < -0.4 is 5.32 Å². The van der Waals surface area contributed by atoms with Crippen LogP contribution in [0.2, 0.25) is 0 Å². The number of hydrogen-bond acceptors (Lipinski definition) is 6. The summed E-state index contributed by atoms with van der Waals surface area (Å²) in [5, 5.41) is 2.84. The molecule has 3 aromatic carbocycles. The van der Waals surface area contributed by atoms with Gasteiger partial charge in [-0.25, -0.2) is 9.38 Å². The maximum Gasteiger partial charge on any atom is 0.321 e. The van der Waals surface area contributed by atoms with Gasteiger partial charge < -0.3 is 9.64 Å². The average molecular weight is 515 g/mol. The number of guanidine groups is 1. The minimum absolute atomic E-state index is 0.114. The molecular weight excluding hydrogens is 483 g/mol. The second-order valence-corrected chi connectivity index (χ2v) is 9.41. The van der Waals surface area contributed by atoms with E-state index in [2.05, 4.69) is 58.7 Å². The van der Waals surface area contributed by atoms with Crippen LogP contribution in [0.1, 0.15) is 35.7 Å². The minimum atomic E-state index is -1.13. The number of nitrogens with one attached hydrogen (secondary N) is 1. The fourth-order valence-electron chi connectivity index (χ4n) is 5.20. The van der Waals surface area contributed by atoms with Crippen molar-refractivity contribution in [3.63, 3.8) is 0 Å². The monoisotopic (exact) mass is 514 g/mol. The number of halogens is 1. The maximum absolute atomic E-state index is 13.6. The van der Waals surface area contributed by atoms with Crippen molar-refractivity contribution in [3.8, 4) is 0 Å². The van der Waals surface area contributed by atoms with E-state index in [0.29, 0.717) is 24.6 Å². The third kappa shape index (κ3) is 5.45. The van der Waals surface area contributed by atoms with Crippen molar-refractivity contribution in [3.05, 3.63) is 107 Å². The standard InChI is InChI=1S/C30H31FN4O3/c1-2-38-29(37)25-26(21-13-15-24(31)16-14-21)32-30(33-28(25)36)35-19-17-34(18-20-35)27(22-9-5-3-6-10-22)23-11-7-4-8-12-23/h3-16,25-27H,2,17-20H2,1H3,(H,32,33,36)/t25-,26-/m1/s1. The first-order chi connectivity index (χ1) is 18.5. The molecule has 2 aliphatic heterocycles. The predicted molar refractivity (Wildman–Crippen MR) is 143 cm³/mol. The number of aliphatic imine (C=N–C) groups is 1. The third-order valence-corrected chi connectivity index (χ3v) is 7.06. The van der Waals surface area contributed by atoms with Gasteiger partial charge in [0.05, 0.1) is 12.6 Å². The maximum atomic E-state index is 13.6. The first kappa shape index (κ1) is 25.6. The Labute approximate surface area is 221 Å². The van der Waals surface area contributed by atoms with Crippen LogP contribution in [-0.2, 0) is 14.3 Å². The summed E-state index contributed by atoms with van der Waals surface area (Å²) in [6.45, 7) is 4.65. The molecule has 2 atom stereocenters. The molecule has 2 heterocycles. The number of benzene rings is 3. The van der Waals surface area contributed by atoms with E-state index in [4.69, 9.17) is 9.73 Å². The smallest absolute Gasteiger partial charge is 0.321 e. The summed E-state index contributed by atoms with van der Waals surface area (Å²) in [7, 11) is 0. The van der Waals surface area contributed by atoms with Crippen molar-refractivity contribution in [1.29, 1.82) is 0 Å². The highest BCUT2D eigenvalue weighted by molar-refractivity contribution is 6.08.